The first-order chi connectivity index (χ1) is 3.41. The second-order valence-corrected chi connectivity index (χ2v) is 2.22. The van der Waals surface area contributed by atoms with Crippen LogP contribution in [0, 0.1) is 0 Å². The summed E-state index contributed by atoms with van der Waals surface area (Å²) in [5.41, 5.74) is 0. The van der Waals surface area contributed by atoms with Gasteiger partial charge in [0.05, 0.1) is 0 Å². The summed E-state index contributed by atoms with van der Waals surface area (Å²) in [6.45, 7) is 3.59. The molecule has 0 radical (unpaired) electrons. The number of allylic oxidation sites excluding steroid dienone is 3. The third kappa shape index (κ3) is 6.48. The maximum absolute atomic E-state index is 3.59. The van der Waals surface area contributed by atoms with Crippen LogP contribution in [0.3, 0.4) is 0 Å². The molecule has 0 aromatic rings. The number of hydrogen-bond acceptors (Lipinski definition) is 0. The van der Waals surface area contributed by atoms with Gasteiger partial charge in [-0.15, -0.1) is 0 Å². The van der Waals surface area contributed by atoms with Crippen LogP contribution in [0.5, 0.6) is 0 Å². The Kier molecular flexibility index (Phi) is 6.92. The molecule has 0 amide bonds. The standard InChI is InChI=1S/C6H9.Na/c1-3-5-6-4-2;/h3-5H,1-2,6H2;. The third-order valence-corrected chi connectivity index (χ3v) is 1.18. The molecule has 0 saturated heterocycles. The Hall–Kier alpha value is 0.480. The molecular weight excluding hydrogens is 95.1 g/mol. The zero-order valence-corrected chi connectivity index (χ0v) is 6.85. The van der Waals surface area contributed by atoms with E-state index in [9.17, 15) is 0 Å². The van der Waals surface area contributed by atoms with Crippen molar-refractivity contribution in [1.82, 2.24) is 0 Å². The van der Waals surface area contributed by atoms with Crippen molar-refractivity contribution >= 4 is 27.9 Å². The molecule has 0 rings (SSSR count). The predicted octanol–water partition coefficient (Wildman–Crippen LogP) is 1.71. The van der Waals surface area contributed by atoms with Gasteiger partial charge < -0.3 is 0 Å². The average molecular weight is 104 g/mol. The van der Waals surface area contributed by atoms with Gasteiger partial charge in [-0.1, -0.05) is 0 Å². The van der Waals surface area contributed by atoms with Gasteiger partial charge in [0.15, 0.2) is 0 Å². The summed E-state index contributed by atoms with van der Waals surface area (Å²) in [5, 5.41) is 0. The van der Waals surface area contributed by atoms with E-state index < -0.39 is 0 Å². The second-order valence-electron chi connectivity index (χ2n) is 1.40. The van der Waals surface area contributed by atoms with Crippen LogP contribution in [0.1, 0.15) is 6.42 Å². The van der Waals surface area contributed by atoms with Gasteiger partial charge in [-0.05, 0) is 0 Å². The zero-order valence-electron chi connectivity index (χ0n) is 4.85. The third-order valence-electron chi connectivity index (χ3n) is 0.705. The average Bonchev–Trinajstić information content (AvgIpc) is 1.69. The van der Waals surface area contributed by atoms with Crippen LogP contribution in [0.15, 0.2) is 24.8 Å². The van der Waals surface area contributed by atoms with E-state index in [-0.39, 0.29) is 0 Å². The molecule has 0 atom stereocenters. The van der Waals surface area contributed by atoms with Crippen molar-refractivity contribution < 1.29 is 0 Å². The van der Waals surface area contributed by atoms with Gasteiger partial charge in [-0.3, -0.25) is 0 Å². The Bertz CT molecular complexity index is 64.6. The molecule has 0 nitrogen and oxygen atoms in total. The van der Waals surface area contributed by atoms with Crippen molar-refractivity contribution in [3.8, 4) is 0 Å². The van der Waals surface area contributed by atoms with Crippen LogP contribution in [-0.2, 0) is 0 Å². The molecule has 0 N–H and O–H groups in total. The van der Waals surface area contributed by atoms with Gasteiger partial charge in [0.25, 0.3) is 0 Å². The van der Waals surface area contributed by atoms with Crippen LogP contribution in [-0.4, -0.2) is 27.9 Å². The Morgan fingerprint density at radius 1 is 1.43 bits per heavy atom. The first kappa shape index (κ1) is 7.48. The van der Waals surface area contributed by atoms with Crippen LogP contribution < -0.4 is 0 Å². The summed E-state index contributed by atoms with van der Waals surface area (Å²) in [6.07, 6.45) is 7.30. The second kappa shape index (κ2) is 6.48. The Balaban J connectivity index is 2.92. The van der Waals surface area contributed by atoms with Gasteiger partial charge in [0.1, 0.15) is 0 Å². The van der Waals surface area contributed by atoms with Gasteiger partial charge in [0.2, 0.25) is 0 Å². The normalized spacial score (nSPS) is 10.0. The van der Waals surface area contributed by atoms with Crippen molar-refractivity contribution in [1.29, 1.82) is 0 Å². The minimum atomic E-state index is 1.03. The quantitative estimate of drug-likeness (QED) is 0.377. The molecule has 0 aliphatic heterocycles. The fourth-order valence-electron chi connectivity index (χ4n) is 0.359. The summed E-state index contributed by atoms with van der Waals surface area (Å²) >= 11 is 1.28. The Labute approximate surface area is 62.7 Å². The SMILES string of the molecule is C=CCC=C[CH2][Na]. The molecule has 0 aliphatic rings. The number of hydrogen-bond donors (Lipinski definition) is 0. The van der Waals surface area contributed by atoms with Gasteiger partial charge >= 0.3 is 62.8 Å². The molecule has 0 aromatic carbocycles. The summed E-state index contributed by atoms with van der Waals surface area (Å²) in [6, 6.07) is 0. The Morgan fingerprint density at radius 2 is 2.14 bits per heavy atom. The zero-order chi connectivity index (χ0) is 5.54. The van der Waals surface area contributed by atoms with E-state index >= 15 is 0 Å². The molecule has 0 unspecified atom stereocenters. The predicted molar refractivity (Wildman–Crippen MR) is 34.5 cm³/mol. The van der Waals surface area contributed by atoms with E-state index in [4.69, 9.17) is 0 Å². The monoisotopic (exact) mass is 104 g/mol. The van der Waals surface area contributed by atoms with Crippen LogP contribution in [0.4, 0.5) is 0 Å². The van der Waals surface area contributed by atoms with Crippen molar-refractivity contribution in [3.63, 3.8) is 0 Å². The van der Waals surface area contributed by atoms with E-state index in [0.29, 0.717) is 0 Å². The van der Waals surface area contributed by atoms with E-state index in [0.717, 1.165) is 6.42 Å². The number of rotatable bonds is 3. The first-order valence-electron chi connectivity index (χ1n) is 2.67. The molecule has 0 fully saturated rings. The minimum absolute atomic E-state index is 1.03. The summed E-state index contributed by atoms with van der Waals surface area (Å²) in [4.78, 5) is 0. The van der Waals surface area contributed by atoms with Gasteiger partial charge in [0, 0.05) is 0 Å². The van der Waals surface area contributed by atoms with Crippen LogP contribution in [0.25, 0.3) is 0 Å². The molecule has 0 heterocycles. The molecule has 0 spiro atoms. The summed E-state index contributed by atoms with van der Waals surface area (Å²) in [7, 11) is 0. The Morgan fingerprint density at radius 3 is 2.57 bits per heavy atom. The topological polar surface area (TPSA) is 0 Å². The van der Waals surface area contributed by atoms with Crippen molar-refractivity contribution in [2.45, 2.75) is 10.1 Å². The van der Waals surface area contributed by atoms with Crippen LogP contribution in [0.2, 0.25) is 3.67 Å². The fraction of sp³-hybridized carbons (Fsp3) is 0.333. The molecule has 7 heavy (non-hydrogen) atoms. The molecule has 0 aromatic heterocycles. The molecule has 1 heteroatoms. The molecule has 0 bridgehead atoms. The first-order valence-corrected chi connectivity index (χ1v) is 4.09. The molecule has 34 valence electrons. The van der Waals surface area contributed by atoms with Crippen molar-refractivity contribution in [3.05, 3.63) is 24.8 Å². The van der Waals surface area contributed by atoms with Gasteiger partial charge in [-0.25, -0.2) is 0 Å². The van der Waals surface area contributed by atoms with Crippen molar-refractivity contribution in [2.24, 2.45) is 0 Å². The van der Waals surface area contributed by atoms with E-state index in [1.165, 1.54) is 31.6 Å². The van der Waals surface area contributed by atoms with E-state index in [1.807, 2.05) is 6.08 Å². The molecule has 0 aliphatic carbocycles. The van der Waals surface area contributed by atoms with E-state index in [2.05, 4.69) is 18.7 Å². The van der Waals surface area contributed by atoms with E-state index in [1.54, 1.807) is 0 Å². The summed E-state index contributed by atoms with van der Waals surface area (Å²) < 4.78 is 1.27. The molecular formula is C6H9Na. The van der Waals surface area contributed by atoms with Crippen LogP contribution >= 0.6 is 0 Å². The maximum atomic E-state index is 3.59. The molecule has 0 saturated carbocycles. The summed E-state index contributed by atoms with van der Waals surface area (Å²) in [5.74, 6) is 0. The van der Waals surface area contributed by atoms with Gasteiger partial charge in [-0.2, -0.15) is 0 Å². The fourth-order valence-corrected chi connectivity index (χ4v) is 0.692. The van der Waals surface area contributed by atoms with Crippen molar-refractivity contribution in [2.75, 3.05) is 0 Å².